The molecule has 0 aromatic heterocycles. The maximum Gasteiger partial charge on any atom is 0.307 e. The van der Waals surface area contributed by atoms with E-state index in [1.54, 1.807) is 18.9 Å². The summed E-state index contributed by atoms with van der Waals surface area (Å²) in [6.07, 6.45) is -0.00433. The summed E-state index contributed by atoms with van der Waals surface area (Å²) in [5.74, 6) is -0.0331. The van der Waals surface area contributed by atoms with E-state index in [4.69, 9.17) is 4.74 Å². The molecule has 0 radical (unpaired) electrons. The third-order valence-electron chi connectivity index (χ3n) is 4.98. The number of ether oxygens (including phenoxy) is 1. The second-order valence-corrected chi connectivity index (χ2v) is 8.33. The van der Waals surface area contributed by atoms with Crippen LogP contribution in [-0.2, 0) is 4.79 Å². The minimum atomic E-state index is -0.834. The Balaban J connectivity index is 2.14. The Kier molecular flexibility index (Phi) is 7.01. The lowest BCUT2D eigenvalue weighted by Gasteiger charge is -2.17. The van der Waals surface area contributed by atoms with Gasteiger partial charge in [-0.1, -0.05) is 71.9 Å². The Labute approximate surface area is 182 Å². The van der Waals surface area contributed by atoms with Crippen molar-refractivity contribution in [2.75, 3.05) is 7.11 Å². The number of aliphatic carboxylic acids is 1. The zero-order valence-corrected chi connectivity index (χ0v) is 18.5. The summed E-state index contributed by atoms with van der Waals surface area (Å²) in [4.78, 5) is 13.6. The number of hydrogen-bond donors (Lipinski definition) is 1. The van der Waals surface area contributed by atoms with Crippen LogP contribution in [0.5, 0.6) is 5.75 Å². The molecule has 0 saturated heterocycles. The molecule has 0 aliphatic carbocycles. The van der Waals surface area contributed by atoms with Crippen molar-refractivity contribution >= 4 is 23.3 Å². The van der Waals surface area contributed by atoms with Crippen molar-refractivity contribution in [3.05, 3.63) is 94.6 Å². The van der Waals surface area contributed by atoms with Gasteiger partial charge in [0.15, 0.2) is 0 Å². The van der Waals surface area contributed by atoms with Crippen molar-refractivity contribution in [1.29, 1.82) is 0 Å². The molecule has 0 saturated carbocycles. The van der Waals surface area contributed by atoms with Crippen molar-refractivity contribution in [2.45, 2.75) is 37.0 Å². The summed E-state index contributed by atoms with van der Waals surface area (Å²) in [5, 5.41) is 9.36. The predicted octanol–water partition coefficient (Wildman–Crippen LogP) is 6.76. The van der Waals surface area contributed by atoms with Gasteiger partial charge in [0.05, 0.1) is 18.4 Å². The van der Waals surface area contributed by atoms with Gasteiger partial charge in [-0.25, -0.2) is 0 Å². The average Bonchev–Trinajstić information content (AvgIpc) is 2.71. The van der Waals surface area contributed by atoms with Gasteiger partial charge in [0.1, 0.15) is 5.75 Å². The Hall–Kier alpha value is -2.98. The molecule has 0 aliphatic heterocycles. The molecule has 3 aromatic rings. The molecule has 0 amide bonds. The Morgan fingerprint density at radius 3 is 2.20 bits per heavy atom. The summed E-state index contributed by atoms with van der Waals surface area (Å²) in [6, 6.07) is 22.3. The van der Waals surface area contributed by atoms with E-state index in [9.17, 15) is 9.90 Å². The fourth-order valence-electron chi connectivity index (χ4n) is 3.56. The van der Waals surface area contributed by atoms with E-state index in [0.717, 1.165) is 32.9 Å². The van der Waals surface area contributed by atoms with Crippen LogP contribution in [0.25, 0.3) is 5.57 Å². The highest BCUT2D eigenvalue weighted by Gasteiger charge is 2.15. The van der Waals surface area contributed by atoms with Crippen LogP contribution in [0.4, 0.5) is 0 Å². The fourth-order valence-corrected chi connectivity index (χ4v) is 4.68. The van der Waals surface area contributed by atoms with E-state index in [1.165, 1.54) is 16.0 Å². The summed E-state index contributed by atoms with van der Waals surface area (Å²) >= 11 is 1.68. The van der Waals surface area contributed by atoms with Crippen molar-refractivity contribution in [3.8, 4) is 5.75 Å². The molecule has 0 atom stereocenters. The Morgan fingerprint density at radius 1 is 0.933 bits per heavy atom. The second kappa shape index (κ2) is 9.68. The monoisotopic (exact) mass is 418 g/mol. The van der Waals surface area contributed by atoms with E-state index in [1.807, 2.05) is 49.4 Å². The van der Waals surface area contributed by atoms with Gasteiger partial charge in [-0.2, -0.15) is 0 Å². The van der Waals surface area contributed by atoms with Gasteiger partial charge in [0, 0.05) is 4.90 Å². The molecule has 0 bridgehead atoms. The molecular weight excluding hydrogens is 392 g/mol. The van der Waals surface area contributed by atoms with Crippen LogP contribution in [0.15, 0.2) is 82.1 Å². The summed E-state index contributed by atoms with van der Waals surface area (Å²) < 4.78 is 5.63. The highest BCUT2D eigenvalue weighted by molar-refractivity contribution is 7.99. The van der Waals surface area contributed by atoms with Crippen LogP contribution in [0, 0.1) is 13.8 Å². The van der Waals surface area contributed by atoms with Crippen LogP contribution in [0.3, 0.4) is 0 Å². The zero-order chi connectivity index (χ0) is 21.7. The maximum atomic E-state index is 11.4. The topological polar surface area (TPSA) is 46.5 Å². The fraction of sp³-hybridized carbons (Fsp3) is 0.192. The number of aryl methyl sites for hydroxylation is 2. The molecule has 3 rings (SSSR count). The number of carboxylic acid groups (broad SMARTS) is 1. The molecule has 0 heterocycles. The summed E-state index contributed by atoms with van der Waals surface area (Å²) in [6.45, 7) is 6.11. The Morgan fingerprint density at radius 2 is 1.60 bits per heavy atom. The molecule has 1 N–H and O–H groups in total. The van der Waals surface area contributed by atoms with Gasteiger partial charge in [0.2, 0.25) is 0 Å². The highest BCUT2D eigenvalue weighted by Crippen LogP contribution is 2.41. The molecule has 154 valence electrons. The lowest BCUT2D eigenvalue weighted by molar-refractivity contribution is -0.136. The molecule has 3 aromatic carbocycles. The third kappa shape index (κ3) is 4.95. The standard InChI is InChI=1S/C26H26O3S/c1-17-9-8-10-18(2)26(17)30-23-16-21(13-14-22(23)29-4)25(19(3)15-24(27)28)20-11-6-5-7-12-20/h5-14,16H,15H2,1-4H3,(H,27,28)/b25-19-. The predicted molar refractivity (Wildman–Crippen MR) is 123 cm³/mol. The van der Waals surface area contributed by atoms with Gasteiger partial charge < -0.3 is 9.84 Å². The van der Waals surface area contributed by atoms with E-state index >= 15 is 0 Å². The highest BCUT2D eigenvalue weighted by atomic mass is 32.2. The van der Waals surface area contributed by atoms with E-state index in [0.29, 0.717) is 0 Å². The van der Waals surface area contributed by atoms with Gasteiger partial charge in [-0.05, 0) is 60.7 Å². The molecule has 0 aliphatic rings. The van der Waals surface area contributed by atoms with Crippen LogP contribution >= 0.6 is 11.8 Å². The number of methoxy groups -OCH3 is 1. The maximum absolute atomic E-state index is 11.4. The number of hydrogen-bond acceptors (Lipinski definition) is 3. The largest absolute Gasteiger partial charge is 0.496 e. The van der Waals surface area contributed by atoms with Gasteiger partial charge >= 0.3 is 5.97 Å². The molecule has 3 nitrogen and oxygen atoms in total. The number of rotatable bonds is 7. The number of carboxylic acids is 1. The third-order valence-corrected chi connectivity index (χ3v) is 6.37. The first-order chi connectivity index (χ1) is 14.4. The quantitative estimate of drug-likeness (QED) is 0.460. The minimum Gasteiger partial charge on any atom is -0.496 e. The van der Waals surface area contributed by atoms with Gasteiger partial charge in [-0.15, -0.1) is 0 Å². The van der Waals surface area contributed by atoms with Crippen molar-refractivity contribution in [3.63, 3.8) is 0 Å². The lowest BCUT2D eigenvalue weighted by Crippen LogP contribution is -2.00. The van der Waals surface area contributed by atoms with Crippen LogP contribution < -0.4 is 4.74 Å². The molecule has 4 heteroatoms. The van der Waals surface area contributed by atoms with Gasteiger partial charge in [-0.3, -0.25) is 4.79 Å². The van der Waals surface area contributed by atoms with Crippen LogP contribution in [0.1, 0.15) is 35.6 Å². The summed E-state index contributed by atoms with van der Waals surface area (Å²) in [5.41, 5.74) is 6.19. The SMILES string of the molecule is COc1ccc(/C(=C(/C)CC(=O)O)c2ccccc2)cc1Sc1c(C)cccc1C. The van der Waals surface area contributed by atoms with Crippen LogP contribution in [0.2, 0.25) is 0 Å². The average molecular weight is 419 g/mol. The Bertz CT molecular complexity index is 1060. The van der Waals surface area contributed by atoms with E-state index in [-0.39, 0.29) is 6.42 Å². The van der Waals surface area contributed by atoms with Crippen molar-refractivity contribution < 1.29 is 14.6 Å². The summed E-state index contributed by atoms with van der Waals surface area (Å²) in [7, 11) is 1.67. The molecule has 0 fully saturated rings. The zero-order valence-electron chi connectivity index (χ0n) is 17.7. The number of benzene rings is 3. The smallest absolute Gasteiger partial charge is 0.307 e. The number of carbonyl (C=O) groups is 1. The molecule has 0 unspecified atom stereocenters. The van der Waals surface area contributed by atoms with E-state index < -0.39 is 5.97 Å². The first kappa shape index (κ1) is 21.7. The van der Waals surface area contributed by atoms with Gasteiger partial charge in [0.25, 0.3) is 0 Å². The van der Waals surface area contributed by atoms with Crippen molar-refractivity contribution in [2.24, 2.45) is 0 Å². The normalized spacial score (nSPS) is 11.7. The second-order valence-electron chi connectivity index (χ2n) is 7.28. The van der Waals surface area contributed by atoms with E-state index in [2.05, 4.69) is 38.1 Å². The first-order valence-corrected chi connectivity index (χ1v) is 10.6. The minimum absolute atomic E-state index is 0.00433. The molecular formula is C26H26O3S. The lowest BCUT2D eigenvalue weighted by atomic mass is 9.92. The molecule has 0 spiro atoms. The molecule has 30 heavy (non-hydrogen) atoms. The van der Waals surface area contributed by atoms with Crippen LogP contribution in [-0.4, -0.2) is 18.2 Å². The van der Waals surface area contributed by atoms with Crippen molar-refractivity contribution in [1.82, 2.24) is 0 Å². The first-order valence-electron chi connectivity index (χ1n) is 9.80.